The van der Waals surface area contributed by atoms with Crippen LogP contribution in [0.5, 0.6) is 0 Å². The Morgan fingerprint density at radius 2 is 1.78 bits per heavy atom. The van der Waals surface area contributed by atoms with E-state index in [-0.39, 0.29) is 31.7 Å². The van der Waals surface area contributed by atoms with E-state index in [1.54, 1.807) is 16.9 Å². The Morgan fingerprint density at radius 3 is 2.26 bits per heavy atom. The van der Waals surface area contributed by atoms with Gasteiger partial charge < -0.3 is 19.5 Å². The predicted molar refractivity (Wildman–Crippen MR) is 82.6 cm³/mol. The lowest BCUT2D eigenvalue weighted by Crippen LogP contribution is -2.51. The van der Waals surface area contributed by atoms with Crippen LogP contribution in [-0.2, 0) is 19.1 Å². The Balaban J connectivity index is 2.34. The van der Waals surface area contributed by atoms with Gasteiger partial charge in [-0.05, 0) is 20.8 Å². The van der Waals surface area contributed by atoms with Crippen LogP contribution in [0.2, 0.25) is 0 Å². The lowest BCUT2D eigenvalue weighted by atomic mass is 10.2. The summed E-state index contributed by atoms with van der Waals surface area (Å²) in [5.74, 6) is -0.332. The Morgan fingerprint density at radius 1 is 1.17 bits per heavy atom. The van der Waals surface area contributed by atoms with Crippen molar-refractivity contribution < 1.29 is 29.0 Å². The topological polar surface area (TPSA) is 88.5 Å². The summed E-state index contributed by atoms with van der Waals surface area (Å²) >= 11 is 0. The van der Waals surface area contributed by atoms with Crippen molar-refractivity contribution in [3.05, 3.63) is 0 Å². The summed E-state index contributed by atoms with van der Waals surface area (Å²) in [5.41, 5.74) is -0.518. The van der Waals surface area contributed by atoms with E-state index in [4.69, 9.17) is 14.3 Å². The molecule has 8 heteroatoms. The van der Waals surface area contributed by atoms with Gasteiger partial charge in [0.25, 0.3) is 0 Å². The largest absolute Gasteiger partial charge is 0.463 e. The Hall–Kier alpha value is -1.38. The molecule has 8 nitrogen and oxygen atoms in total. The van der Waals surface area contributed by atoms with Gasteiger partial charge in [0, 0.05) is 32.6 Å². The number of esters is 1. The number of aliphatic hydroxyl groups excluding tert-OH is 1. The molecule has 1 aliphatic heterocycles. The fraction of sp³-hybridized carbons (Fsp3) is 0.867. The maximum absolute atomic E-state index is 12.0. The molecule has 1 unspecified atom stereocenters. The molecule has 134 valence electrons. The molecule has 0 aromatic carbocycles. The van der Waals surface area contributed by atoms with Gasteiger partial charge in [-0.25, -0.2) is 4.79 Å². The van der Waals surface area contributed by atoms with Crippen molar-refractivity contribution in [2.24, 2.45) is 0 Å². The molecule has 1 atom stereocenters. The Bertz CT molecular complexity index is 388. The fourth-order valence-corrected chi connectivity index (χ4v) is 1.92. The van der Waals surface area contributed by atoms with E-state index < -0.39 is 11.7 Å². The molecule has 0 saturated carbocycles. The predicted octanol–water partition coefficient (Wildman–Crippen LogP) is 0.785. The van der Waals surface area contributed by atoms with Crippen LogP contribution in [0.4, 0.5) is 4.79 Å². The normalized spacial score (nSPS) is 17.7. The summed E-state index contributed by atoms with van der Waals surface area (Å²) in [6, 6.07) is 0. The number of piperazine rings is 1. The summed E-state index contributed by atoms with van der Waals surface area (Å²) in [6.45, 7) is 8.89. The smallest absolute Gasteiger partial charge is 0.410 e. The number of carbonyl (C=O) groups is 2. The first-order valence-electron chi connectivity index (χ1n) is 7.91. The van der Waals surface area contributed by atoms with E-state index >= 15 is 0 Å². The van der Waals surface area contributed by atoms with Crippen LogP contribution in [-0.4, -0.2) is 78.2 Å². The molecule has 1 aliphatic rings. The van der Waals surface area contributed by atoms with Crippen molar-refractivity contribution in [3.63, 3.8) is 0 Å². The van der Waals surface area contributed by atoms with Crippen molar-refractivity contribution in [1.29, 1.82) is 0 Å². The first-order chi connectivity index (χ1) is 10.7. The molecule has 1 amide bonds. The van der Waals surface area contributed by atoms with Gasteiger partial charge in [-0.3, -0.25) is 9.63 Å². The van der Waals surface area contributed by atoms with E-state index in [1.807, 2.05) is 20.8 Å². The molecule has 1 fully saturated rings. The number of carbonyl (C=O) groups excluding carboxylic acids is 2. The van der Waals surface area contributed by atoms with Gasteiger partial charge in [0.05, 0.1) is 6.61 Å². The summed E-state index contributed by atoms with van der Waals surface area (Å²) in [4.78, 5) is 30.3. The lowest BCUT2D eigenvalue weighted by Gasteiger charge is -2.36. The first-order valence-corrected chi connectivity index (χ1v) is 7.91. The van der Waals surface area contributed by atoms with Crippen molar-refractivity contribution in [3.8, 4) is 0 Å². The van der Waals surface area contributed by atoms with E-state index in [0.717, 1.165) is 0 Å². The number of hydrogen-bond acceptors (Lipinski definition) is 7. The van der Waals surface area contributed by atoms with Gasteiger partial charge in [-0.2, -0.15) is 5.06 Å². The van der Waals surface area contributed by atoms with Crippen molar-refractivity contribution in [1.82, 2.24) is 9.96 Å². The SMILES string of the molecule is CCC(=O)OCC(CO)ON1CCN(C(=O)OC(C)(C)C)CC1. The van der Waals surface area contributed by atoms with Gasteiger partial charge in [0.15, 0.2) is 0 Å². The number of nitrogens with zero attached hydrogens (tertiary/aromatic N) is 2. The molecule has 23 heavy (non-hydrogen) atoms. The maximum atomic E-state index is 12.0. The van der Waals surface area contributed by atoms with E-state index in [0.29, 0.717) is 26.2 Å². The van der Waals surface area contributed by atoms with Crippen LogP contribution < -0.4 is 0 Å². The highest BCUT2D eigenvalue weighted by Crippen LogP contribution is 2.12. The summed E-state index contributed by atoms with van der Waals surface area (Å²) < 4.78 is 10.3. The van der Waals surface area contributed by atoms with Gasteiger partial charge in [-0.15, -0.1) is 0 Å². The number of hydroxylamine groups is 2. The monoisotopic (exact) mass is 332 g/mol. The average molecular weight is 332 g/mol. The quantitative estimate of drug-likeness (QED) is 0.719. The molecule has 1 saturated heterocycles. The highest BCUT2D eigenvalue weighted by atomic mass is 16.7. The third-order valence-corrected chi connectivity index (χ3v) is 3.11. The molecule has 0 aromatic heterocycles. The molecule has 1 heterocycles. The van der Waals surface area contributed by atoms with Crippen LogP contribution in [0.25, 0.3) is 0 Å². The van der Waals surface area contributed by atoms with Crippen molar-refractivity contribution >= 4 is 12.1 Å². The van der Waals surface area contributed by atoms with Crippen LogP contribution in [0.1, 0.15) is 34.1 Å². The molecule has 0 aromatic rings. The zero-order valence-corrected chi connectivity index (χ0v) is 14.4. The standard InChI is InChI=1S/C15H28N2O6/c1-5-13(19)21-11-12(10-18)23-17-8-6-16(7-9-17)14(20)22-15(2,3)4/h12,18H,5-11H2,1-4H3. The van der Waals surface area contributed by atoms with E-state index in [1.165, 1.54) is 0 Å². The van der Waals surface area contributed by atoms with Crippen molar-refractivity contribution in [2.45, 2.75) is 45.8 Å². The second-order valence-corrected chi connectivity index (χ2v) is 6.34. The third-order valence-electron chi connectivity index (χ3n) is 3.11. The van der Waals surface area contributed by atoms with Gasteiger partial charge in [0.2, 0.25) is 0 Å². The van der Waals surface area contributed by atoms with Crippen LogP contribution >= 0.6 is 0 Å². The summed E-state index contributed by atoms with van der Waals surface area (Å²) in [5, 5.41) is 11.0. The third kappa shape index (κ3) is 7.62. The second-order valence-electron chi connectivity index (χ2n) is 6.34. The minimum absolute atomic E-state index is 0.00938. The average Bonchev–Trinajstić information content (AvgIpc) is 2.49. The molecule has 1 N–H and O–H groups in total. The van der Waals surface area contributed by atoms with E-state index in [9.17, 15) is 14.7 Å². The number of hydrogen-bond donors (Lipinski definition) is 1. The number of ether oxygens (including phenoxy) is 2. The van der Waals surface area contributed by atoms with Crippen LogP contribution in [0.3, 0.4) is 0 Å². The number of rotatable bonds is 6. The van der Waals surface area contributed by atoms with Crippen LogP contribution in [0, 0.1) is 0 Å². The zero-order valence-electron chi connectivity index (χ0n) is 14.4. The highest BCUT2D eigenvalue weighted by Gasteiger charge is 2.27. The Labute approximate surface area is 137 Å². The highest BCUT2D eigenvalue weighted by molar-refractivity contribution is 5.69. The molecule has 0 bridgehead atoms. The Kier molecular flexibility index (Phi) is 7.74. The molecule has 1 rings (SSSR count). The zero-order chi connectivity index (χ0) is 17.5. The van der Waals surface area contributed by atoms with Gasteiger partial charge in [-0.1, -0.05) is 6.92 Å². The second kappa shape index (κ2) is 9.05. The maximum Gasteiger partial charge on any atom is 0.410 e. The molecule has 0 radical (unpaired) electrons. The molecule has 0 aliphatic carbocycles. The number of amides is 1. The van der Waals surface area contributed by atoms with Gasteiger partial charge >= 0.3 is 12.1 Å². The molecular weight excluding hydrogens is 304 g/mol. The summed E-state index contributed by atoms with van der Waals surface area (Å²) in [7, 11) is 0. The minimum Gasteiger partial charge on any atom is -0.463 e. The fourth-order valence-electron chi connectivity index (χ4n) is 1.92. The van der Waals surface area contributed by atoms with E-state index in [2.05, 4.69) is 0 Å². The molecular formula is C15H28N2O6. The molecule has 0 spiro atoms. The minimum atomic E-state index is -0.599. The number of aliphatic hydroxyl groups is 1. The first kappa shape index (κ1) is 19.7. The summed E-state index contributed by atoms with van der Waals surface area (Å²) in [6.07, 6.45) is -0.654. The lowest BCUT2D eigenvalue weighted by molar-refractivity contribution is -0.229. The van der Waals surface area contributed by atoms with Crippen LogP contribution in [0.15, 0.2) is 0 Å². The van der Waals surface area contributed by atoms with Crippen molar-refractivity contribution in [2.75, 3.05) is 39.4 Å². The van der Waals surface area contributed by atoms with Gasteiger partial charge in [0.1, 0.15) is 18.3 Å².